The van der Waals surface area contributed by atoms with Gasteiger partial charge >= 0.3 is 5.97 Å². The zero-order valence-corrected chi connectivity index (χ0v) is 31.7. The Kier molecular flexibility index (Phi) is 13.2. The first-order valence-corrected chi connectivity index (χ1v) is 18.7. The zero-order chi connectivity index (χ0) is 38.9. The summed E-state index contributed by atoms with van der Waals surface area (Å²) in [6.45, 7) is 7.42. The Morgan fingerprint density at radius 2 is 1.67 bits per heavy atom. The molecule has 0 amide bonds. The number of hydrogen-bond donors (Lipinski definition) is 4. The highest BCUT2D eigenvalue weighted by Gasteiger charge is 2.20. The van der Waals surface area contributed by atoms with Crippen LogP contribution in [0.5, 0.6) is 11.5 Å². The molecule has 1 aliphatic heterocycles. The van der Waals surface area contributed by atoms with Crippen molar-refractivity contribution in [2.75, 3.05) is 19.6 Å². The lowest BCUT2D eigenvalue weighted by Crippen LogP contribution is -2.28. The lowest BCUT2D eigenvalue weighted by molar-refractivity contribution is -0.139. The van der Waals surface area contributed by atoms with Crippen LogP contribution in [-0.2, 0) is 31.1 Å². The van der Waals surface area contributed by atoms with Crippen molar-refractivity contribution in [2.24, 2.45) is 0 Å². The van der Waals surface area contributed by atoms with Gasteiger partial charge in [0.15, 0.2) is 0 Å². The highest BCUT2D eigenvalue weighted by Crippen LogP contribution is 2.37. The van der Waals surface area contributed by atoms with E-state index in [0.717, 1.165) is 53.9 Å². The molecule has 1 saturated heterocycles. The second kappa shape index (κ2) is 18.4. The Morgan fingerprint density at radius 3 is 2.40 bits per heavy atom. The molecule has 0 aliphatic carbocycles. The number of β-amino-alcohol motifs (C(OH)–C–C–N with tert-alkyl or cyclic N) is 1. The predicted molar refractivity (Wildman–Crippen MR) is 212 cm³/mol. The van der Waals surface area contributed by atoms with E-state index in [1.165, 1.54) is 22.9 Å². The molecule has 0 bridgehead atoms. The van der Waals surface area contributed by atoms with Gasteiger partial charge < -0.3 is 30.1 Å². The van der Waals surface area contributed by atoms with Gasteiger partial charge in [-0.25, -0.2) is 0 Å². The van der Waals surface area contributed by atoms with Gasteiger partial charge in [0.05, 0.1) is 29.2 Å². The van der Waals surface area contributed by atoms with Gasteiger partial charge in [-0.1, -0.05) is 72.3 Å². The van der Waals surface area contributed by atoms with Gasteiger partial charge in [0.2, 0.25) is 0 Å². The molecular formula is C44H45ClN4O6. The average Bonchev–Trinajstić information content (AvgIpc) is 3.58. The maximum absolute atomic E-state index is 11.0. The molecule has 4 aromatic carbocycles. The largest absolute Gasteiger partial charge is 0.488 e. The first-order valence-electron chi connectivity index (χ1n) is 18.3. The summed E-state index contributed by atoms with van der Waals surface area (Å²) in [6, 6.07) is 28.5. The number of likely N-dealkylation sites (tertiary alicyclic amines) is 1. The van der Waals surface area contributed by atoms with Gasteiger partial charge in [0.25, 0.3) is 0 Å². The van der Waals surface area contributed by atoms with E-state index in [4.69, 9.17) is 26.2 Å². The number of carboxylic acid groups (broad SMARTS) is 1. The van der Waals surface area contributed by atoms with Gasteiger partial charge in [-0.3, -0.25) is 14.7 Å². The number of benzene rings is 4. The molecule has 0 saturated carbocycles. The topological polar surface area (TPSA) is 148 Å². The van der Waals surface area contributed by atoms with Crippen molar-refractivity contribution in [1.29, 1.82) is 5.26 Å². The van der Waals surface area contributed by atoms with Crippen molar-refractivity contribution < 1.29 is 29.6 Å². The van der Waals surface area contributed by atoms with Gasteiger partial charge in [0.1, 0.15) is 30.8 Å². The minimum Gasteiger partial charge on any atom is -0.488 e. The van der Waals surface area contributed by atoms with Crippen LogP contribution in [0.4, 0.5) is 0 Å². The van der Waals surface area contributed by atoms with Crippen LogP contribution in [0.2, 0.25) is 5.02 Å². The number of hydrogen-bond acceptors (Lipinski definition) is 9. The number of ether oxygens (including phenoxy) is 2. The van der Waals surface area contributed by atoms with Gasteiger partial charge in [-0.15, -0.1) is 0 Å². The van der Waals surface area contributed by atoms with Crippen LogP contribution in [0.3, 0.4) is 0 Å². The molecule has 1 unspecified atom stereocenters. The van der Waals surface area contributed by atoms with Crippen LogP contribution < -0.4 is 14.8 Å². The van der Waals surface area contributed by atoms with E-state index in [2.05, 4.69) is 83.6 Å². The number of rotatable bonds is 16. The molecule has 11 heteroatoms. The molecule has 5 aromatic rings. The standard InChI is InChI=1S/C44H45ClN4O6/c1-28-34(5-3-7-39(28)40-8-4-6-38(29(40)2)33-11-9-30(10-12-33)24-49-14-13-36(50)25-49)27-55-43-18-42(54-26-32-15-31(19-46)20-47-21-32)35(16-41(43)45)22-48-23-37(51)17-44(52)53/h3-12,15-16,18,20-21,36-37,48,50-51H,13-14,17,22-27H2,1-2H3,(H,52,53)/t36-,37?/m0/s1. The van der Waals surface area contributed by atoms with E-state index >= 15 is 0 Å². The van der Waals surface area contributed by atoms with Crippen molar-refractivity contribution in [3.05, 3.63) is 135 Å². The summed E-state index contributed by atoms with van der Waals surface area (Å²) in [5.41, 5.74) is 10.9. The molecule has 10 nitrogen and oxygen atoms in total. The summed E-state index contributed by atoms with van der Waals surface area (Å²) in [7, 11) is 0. The molecule has 1 aromatic heterocycles. The van der Waals surface area contributed by atoms with E-state index in [1.807, 2.05) is 12.1 Å². The van der Waals surface area contributed by atoms with Gasteiger partial charge in [-0.05, 0) is 76.9 Å². The molecule has 0 radical (unpaired) electrons. The van der Waals surface area contributed by atoms with Crippen molar-refractivity contribution >= 4 is 17.6 Å². The zero-order valence-electron chi connectivity index (χ0n) is 31.0. The minimum atomic E-state index is -1.09. The van der Waals surface area contributed by atoms with Crippen molar-refractivity contribution in [3.63, 3.8) is 0 Å². The molecule has 6 rings (SSSR count). The number of carboxylic acids is 1. The number of aliphatic hydroxyl groups excluding tert-OH is 2. The smallest absolute Gasteiger partial charge is 0.306 e. The molecule has 1 aliphatic rings. The second-order valence-corrected chi connectivity index (χ2v) is 14.4. The highest BCUT2D eigenvalue weighted by atomic mass is 35.5. The van der Waals surface area contributed by atoms with E-state index in [1.54, 1.807) is 24.4 Å². The third kappa shape index (κ3) is 10.3. The van der Waals surface area contributed by atoms with E-state index in [-0.39, 0.29) is 38.8 Å². The number of nitrogens with one attached hydrogen (secondary N) is 1. The number of aromatic nitrogens is 1. The third-order valence-electron chi connectivity index (χ3n) is 9.91. The number of aliphatic hydroxyl groups is 2. The number of halogens is 1. The summed E-state index contributed by atoms with van der Waals surface area (Å²) in [5.74, 6) is -0.191. The van der Waals surface area contributed by atoms with E-state index < -0.39 is 12.1 Å². The summed E-state index contributed by atoms with van der Waals surface area (Å²) in [5, 5.41) is 41.7. The Labute approximate surface area is 326 Å². The lowest BCUT2D eigenvalue weighted by atomic mass is 9.89. The number of carbonyl (C=O) groups is 1. The molecule has 0 spiro atoms. The second-order valence-electron chi connectivity index (χ2n) is 14.0. The highest BCUT2D eigenvalue weighted by molar-refractivity contribution is 6.32. The van der Waals surface area contributed by atoms with Gasteiger partial charge in [-0.2, -0.15) is 5.26 Å². The number of pyridine rings is 1. The molecule has 2 atom stereocenters. The Hall–Kier alpha value is -5.28. The first-order chi connectivity index (χ1) is 26.6. The predicted octanol–water partition coefficient (Wildman–Crippen LogP) is 7.21. The molecule has 284 valence electrons. The summed E-state index contributed by atoms with van der Waals surface area (Å²) < 4.78 is 12.5. The molecule has 1 fully saturated rings. The fourth-order valence-corrected chi connectivity index (χ4v) is 7.17. The average molecular weight is 761 g/mol. The van der Waals surface area contributed by atoms with Gasteiger partial charge in [0, 0.05) is 62.3 Å². The normalized spacial score (nSPS) is 14.7. The number of aliphatic carboxylic acids is 1. The fourth-order valence-electron chi connectivity index (χ4n) is 6.93. The Morgan fingerprint density at radius 1 is 0.945 bits per heavy atom. The SMILES string of the molecule is Cc1c(COc2cc(OCc3cncc(C#N)c3)c(CNCC(O)CC(=O)O)cc2Cl)cccc1-c1cccc(-c2ccc(CN3CC[C@H](O)C3)cc2)c1C. The van der Waals surface area contributed by atoms with Crippen LogP contribution >= 0.6 is 11.6 Å². The van der Waals surface area contributed by atoms with E-state index in [9.17, 15) is 20.3 Å². The van der Waals surface area contributed by atoms with Crippen LogP contribution in [0.1, 0.15) is 51.8 Å². The van der Waals surface area contributed by atoms with Crippen molar-refractivity contribution in [3.8, 4) is 39.8 Å². The van der Waals surface area contributed by atoms with Crippen molar-refractivity contribution in [1.82, 2.24) is 15.2 Å². The third-order valence-corrected chi connectivity index (χ3v) is 10.2. The monoisotopic (exact) mass is 760 g/mol. The van der Waals surface area contributed by atoms with Crippen LogP contribution in [-0.4, -0.2) is 63.0 Å². The quantitative estimate of drug-likeness (QED) is 0.0814. The van der Waals surface area contributed by atoms with E-state index in [0.29, 0.717) is 33.2 Å². The first kappa shape index (κ1) is 39.4. The maximum Gasteiger partial charge on any atom is 0.306 e. The Bertz CT molecular complexity index is 2170. The summed E-state index contributed by atoms with van der Waals surface area (Å²) >= 11 is 6.76. The maximum atomic E-state index is 11.0. The molecule has 55 heavy (non-hydrogen) atoms. The van der Waals surface area contributed by atoms with Crippen LogP contribution in [0, 0.1) is 25.2 Å². The minimum absolute atomic E-state index is 0.0608. The fraction of sp³-hybridized carbons (Fsp3) is 0.295. The molecule has 2 heterocycles. The van der Waals surface area contributed by atoms with Crippen molar-refractivity contribution in [2.45, 2.75) is 65.2 Å². The molecular weight excluding hydrogens is 716 g/mol. The summed E-state index contributed by atoms with van der Waals surface area (Å²) in [4.78, 5) is 17.4. The van der Waals surface area contributed by atoms with Crippen LogP contribution in [0.25, 0.3) is 22.3 Å². The summed E-state index contributed by atoms with van der Waals surface area (Å²) in [6.07, 6.45) is 2.28. The lowest BCUT2D eigenvalue weighted by Gasteiger charge is -2.19. The number of nitrogens with zero attached hydrogens (tertiary/aromatic N) is 3. The number of nitriles is 1. The van der Waals surface area contributed by atoms with Crippen LogP contribution in [0.15, 0.2) is 91.3 Å². The Balaban J connectivity index is 1.19. The molecule has 4 N–H and O–H groups in total.